The molecule has 0 heterocycles. The third-order valence-corrected chi connectivity index (χ3v) is 5.49. The lowest BCUT2D eigenvalue weighted by molar-refractivity contribution is 0.281. The van der Waals surface area contributed by atoms with E-state index in [9.17, 15) is 8.42 Å². The first kappa shape index (κ1) is 16.3. The maximum Gasteiger partial charge on any atom is 0.263 e. The summed E-state index contributed by atoms with van der Waals surface area (Å²) >= 11 is 9.24. The monoisotopic (exact) mass is 389 g/mol. The number of sulfonamides is 1. The fraction of sp³-hybridized carbons (Fsp3) is 0.143. The van der Waals surface area contributed by atoms with Crippen molar-refractivity contribution in [1.29, 1.82) is 0 Å². The molecule has 0 radical (unpaired) electrons. The number of hydrogen-bond donors (Lipinski definition) is 2. The highest BCUT2D eigenvalue weighted by molar-refractivity contribution is 9.10. The lowest BCUT2D eigenvalue weighted by Gasteiger charge is -2.12. The van der Waals surface area contributed by atoms with Crippen LogP contribution in [0, 0.1) is 6.92 Å². The molecule has 0 aromatic heterocycles. The fourth-order valence-corrected chi connectivity index (χ4v) is 4.31. The molecule has 0 amide bonds. The van der Waals surface area contributed by atoms with Gasteiger partial charge in [-0.15, -0.1) is 0 Å². The van der Waals surface area contributed by atoms with Gasteiger partial charge in [0.1, 0.15) is 4.90 Å². The van der Waals surface area contributed by atoms with Crippen LogP contribution in [0.3, 0.4) is 0 Å². The molecule has 2 rings (SSSR count). The quantitative estimate of drug-likeness (QED) is 0.836. The number of anilines is 1. The smallest absolute Gasteiger partial charge is 0.263 e. The number of nitrogens with one attached hydrogen (secondary N) is 1. The number of aliphatic hydroxyl groups excluding tert-OH is 1. The van der Waals surface area contributed by atoms with Gasteiger partial charge < -0.3 is 5.11 Å². The standard InChI is InChI=1S/C14H13BrClNO3S/c1-9-2-4-13(12(16)6-9)17-21(19,20)14-5-3-10(8-18)7-11(14)15/h2-7,17-18H,8H2,1H3. The third kappa shape index (κ3) is 3.77. The number of aryl methyl sites for hydroxylation is 1. The van der Waals surface area contributed by atoms with Gasteiger partial charge in [-0.05, 0) is 58.2 Å². The molecule has 0 fully saturated rings. The van der Waals surface area contributed by atoms with Gasteiger partial charge >= 0.3 is 0 Å². The lowest BCUT2D eigenvalue weighted by atomic mass is 10.2. The van der Waals surface area contributed by atoms with Crippen molar-refractivity contribution in [2.75, 3.05) is 4.72 Å². The molecule has 2 aromatic rings. The van der Waals surface area contributed by atoms with Gasteiger partial charge in [-0.1, -0.05) is 23.7 Å². The maximum atomic E-state index is 12.4. The van der Waals surface area contributed by atoms with E-state index in [0.29, 0.717) is 20.7 Å². The van der Waals surface area contributed by atoms with Gasteiger partial charge in [0.05, 0.1) is 17.3 Å². The Morgan fingerprint density at radius 1 is 1.24 bits per heavy atom. The number of hydrogen-bond acceptors (Lipinski definition) is 3. The van der Waals surface area contributed by atoms with Crippen LogP contribution in [-0.4, -0.2) is 13.5 Å². The zero-order chi connectivity index (χ0) is 15.6. The Kier molecular flexibility index (Phi) is 4.93. The van der Waals surface area contributed by atoms with Crippen molar-refractivity contribution in [3.8, 4) is 0 Å². The molecular formula is C14H13BrClNO3S. The summed E-state index contributed by atoms with van der Waals surface area (Å²) in [6, 6.07) is 9.61. The Labute approximate surface area is 136 Å². The highest BCUT2D eigenvalue weighted by atomic mass is 79.9. The molecule has 0 aliphatic carbocycles. The Hall–Kier alpha value is -1.08. The van der Waals surface area contributed by atoms with Crippen LogP contribution in [0.4, 0.5) is 5.69 Å². The SMILES string of the molecule is Cc1ccc(NS(=O)(=O)c2ccc(CO)cc2Br)c(Cl)c1. The summed E-state index contributed by atoms with van der Waals surface area (Å²) in [6.45, 7) is 1.71. The minimum Gasteiger partial charge on any atom is -0.392 e. The molecule has 0 spiro atoms. The van der Waals surface area contributed by atoms with Crippen molar-refractivity contribution in [1.82, 2.24) is 0 Å². The minimum absolute atomic E-state index is 0.0799. The van der Waals surface area contributed by atoms with E-state index in [0.717, 1.165) is 5.56 Å². The summed E-state index contributed by atoms with van der Waals surface area (Å²) in [5.74, 6) is 0. The molecule has 0 aliphatic heterocycles. The first-order chi connectivity index (χ1) is 9.83. The predicted molar refractivity (Wildman–Crippen MR) is 87.1 cm³/mol. The van der Waals surface area contributed by atoms with E-state index in [1.807, 2.05) is 6.92 Å². The second-order valence-corrected chi connectivity index (χ2v) is 7.42. The molecule has 2 aromatic carbocycles. The normalized spacial score (nSPS) is 11.4. The maximum absolute atomic E-state index is 12.4. The largest absolute Gasteiger partial charge is 0.392 e. The zero-order valence-electron chi connectivity index (χ0n) is 11.1. The molecule has 112 valence electrons. The van der Waals surface area contributed by atoms with Crippen LogP contribution in [0.1, 0.15) is 11.1 Å². The van der Waals surface area contributed by atoms with Crippen molar-refractivity contribution in [2.24, 2.45) is 0 Å². The molecule has 0 saturated carbocycles. The number of aliphatic hydroxyl groups is 1. The van der Waals surface area contributed by atoms with Gasteiger partial charge in [-0.25, -0.2) is 8.42 Å². The lowest BCUT2D eigenvalue weighted by Crippen LogP contribution is -2.14. The van der Waals surface area contributed by atoms with E-state index >= 15 is 0 Å². The summed E-state index contributed by atoms with van der Waals surface area (Å²) < 4.78 is 27.6. The van der Waals surface area contributed by atoms with E-state index in [4.69, 9.17) is 16.7 Å². The molecule has 21 heavy (non-hydrogen) atoms. The highest BCUT2D eigenvalue weighted by Gasteiger charge is 2.19. The number of halogens is 2. The van der Waals surface area contributed by atoms with Crippen LogP contribution < -0.4 is 4.72 Å². The van der Waals surface area contributed by atoms with Gasteiger partial charge in [0.15, 0.2) is 0 Å². The van der Waals surface area contributed by atoms with E-state index < -0.39 is 10.0 Å². The van der Waals surface area contributed by atoms with Crippen molar-refractivity contribution < 1.29 is 13.5 Å². The minimum atomic E-state index is -3.77. The Balaban J connectivity index is 2.38. The van der Waals surface area contributed by atoms with Crippen LogP contribution in [0.25, 0.3) is 0 Å². The second-order valence-electron chi connectivity index (χ2n) is 4.51. The molecule has 0 unspecified atom stereocenters. The topological polar surface area (TPSA) is 66.4 Å². The molecule has 0 aliphatic rings. The second kappa shape index (κ2) is 6.36. The van der Waals surface area contributed by atoms with Crippen molar-refractivity contribution >= 4 is 43.2 Å². The molecule has 0 atom stereocenters. The fourth-order valence-electron chi connectivity index (χ4n) is 1.76. The molecule has 0 saturated heterocycles. The highest BCUT2D eigenvalue weighted by Crippen LogP contribution is 2.29. The predicted octanol–water partition coefficient (Wildman–Crippen LogP) is 3.70. The molecule has 0 bridgehead atoms. The average molecular weight is 391 g/mol. The Morgan fingerprint density at radius 3 is 2.52 bits per heavy atom. The summed E-state index contributed by atoms with van der Waals surface area (Å²) in [7, 11) is -3.77. The Morgan fingerprint density at radius 2 is 1.95 bits per heavy atom. The van der Waals surface area contributed by atoms with Crippen molar-refractivity contribution in [3.63, 3.8) is 0 Å². The molecule has 7 heteroatoms. The van der Waals surface area contributed by atoms with E-state index in [1.165, 1.54) is 6.07 Å². The van der Waals surface area contributed by atoms with Crippen LogP contribution in [0.2, 0.25) is 5.02 Å². The van der Waals surface area contributed by atoms with Gasteiger partial charge in [-0.2, -0.15) is 0 Å². The zero-order valence-corrected chi connectivity index (χ0v) is 14.3. The van der Waals surface area contributed by atoms with Gasteiger partial charge in [0.2, 0.25) is 0 Å². The Bertz CT molecular complexity index is 778. The first-order valence-corrected chi connectivity index (χ1v) is 8.67. The van der Waals surface area contributed by atoms with E-state index in [-0.39, 0.29) is 11.5 Å². The summed E-state index contributed by atoms with van der Waals surface area (Å²) in [5.41, 5.74) is 1.88. The van der Waals surface area contributed by atoms with Crippen molar-refractivity contribution in [2.45, 2.75) is 18.4 Å². The van der Waals surface area contributed by atoms with Gasteiger partial charge in [0.25, 0.3) is 10.0 Å². The van der Waals surface area contributed by atoms with Crippen LogP contribution in [0.15, 0.2) is 45.8 Å². The summed E-state index contributed by atoms with van der Waals surface area (Å²) in [6.07, 6.45) is 0. The number of benzene rings is 2. The summed E-state index contributed by atoms with van der Waals surface area (Å²) in [5, 5.41) is 9.38. The third-order valence-electron chi connectivity index (χ3n) is 2.84. The van der Waals surface area contributed by atoms with E-state index in [1.54, 1.807) is 30.3 Å². The van der Waals surface area contributed by atoms with Gasteiger partial charge in [-0.3, -0.25) is 4.72 Å². The van der Waals surface area contributed by atoms with Crippen molar-refractivity contribution in [3.05, 3.63) is 57.0 Å². The van der Waals surface area contributed by atoms with Crippen LogP contribution >= 0.6 is 27.5 Å². The summed E-state index contributed by atoms with van der Waals surface area (Å²) in [4.78, 5) is 0.0799. The molecular weight excluding hydrogens is 378 g/mol. The first-order valence-electron chi connectivity index (χ1n) is 6.02. The van der Waals surface area contributed by atoms with Gasteiger partial charge in [0, 0.05) is 4.47 Å². The number of rotatable bonds is 4. The molecule has 4 nitrogen and oxygen atoms in total. The molecule has 2 N–H and O–H groups in total. The van der Waals surface area contributed by atoms with E-state index in [2.05, 4.69) is 20.7 Å². The average Bonchev–Trinajstić information content (AvgIpc) is 2.41. The van der Waals surface area contributed by atoms with Crippen LogP contribution in [0.5, 0.6) is 0 Å². The van der Waals surface area contributed by atoms with Crippen LogP contribution in [-0.2, 0) is 16.6 Å².